The fourth-order valence-corrected chi connectivity index (χ4v) is 6.07. The summed E-state index contributed by atoms with van der Waals surface area (Å²) >= 11 is 3.30. The molecule has 0 N–H and O–H groups in total. The highest BCUT2D eigenvalue weighted by atomic mass is 32.2. The van der Waals surface area contributed by atoms with Crippen LogP contribution in [0.3, 0.4) is 0 Å². The van der Waals surface area contributed by atoms with E-state index in [-0.39, 0.29) is 11.2 Å². The zero-order valence-corrected chi connectivity index (χ0v) is 20.9. The van der Waals surface area contributed by atoms with Gasteiger partial charge in [0.2, 0.25) is 5.91 Å². The van der Waals surface area contributed by atoms with E-state index in [1.165, 1.54) is 27.9 Å². The van der Waals surface area contributed by atoms with E-state index in [2.05, 4.69) is 76.1 Å². The fraction of sp³-hybridized carbons (Fsp3) is 0.458. The molecule has 0 spiro atoms. The molecule has 1 unspecified atom stereocenters. The van der Waals surface area contributed by atoms with Crippen LogP contribution in [0.5, 0.6) is 0 Å². The van der Waals surface area contributed by atoms with E-state index in [0.717, 1.165) is 49.1 Å². The number of thiophene rings is 1. The summed E-state index contributed by atoms with van der Waals surface area (Å²) in [6, 6.07) is 10.6. The SMILES string of the molecule is CCN(CC)c1ccc(-c2nnc(SC(C)C(=O)N3CCc4sccc4C3)n2CC)cc1. The van der Waals surface area contributed by atoms with Crippen molar-refractivity contribution in [2.45, 2.75) is 57.6 Å². The van der Waals surface area contributed by atoms with Crippen molar-refractivity contribution in [1.29, 1.82) is 0 Å². The van der Waals surface area contributed by atoms with Crippen LogP contribution in [-0.2, 0) is 24.3 Å². The first-order chi connectivity index (χ1) is 15.5. The molecule has 6 nitrogen and oxygen atoms in total. The number of thioether (sulfide) groups is 1. The summed E-state index contributed by atoms with van der Waals surface area (Å²) in [7, 11) is 0. The van der Waals surface area contributed by atoms with Crippen LogP contribution in [0.4, 0.5) is 5.69 Å². The lowest BCUT2D eigenvalue weighted by Gasteiger charge is -2.29. The zero-order valence-electron chi connectivity index (χ0n) is 19.2. The van der Waals surface area contributed by atoms with Crippen molar-refractivity contribution in [2.75, 3.05) is 24.5 Å². The molecular formula is C24H31N5OS2. The molecule has 4 rings (SSSR count). The highest BCUT2D eigenvalue weighted by molar-refractivity contribution is 8.00. The van der Waals surface area contributed by atoms with Crippen LogP contribution in [0.15, 0.2) is 40.9 Å². The van der Waals surface area contributed by atoms with E-state index in [1.807, 2.05) is 11.8 Å². The zero-order chi connectivity index (χ0) is 22.7. The molecule has 3 aromatic rings. The Balaban J connectivity index is 1.47. The third-order valence-electron chi connectivity index (χ3n) is 6.04. The lowest BCUT2D eigenvalue weighted by Crippen LogP contribution is -2.39. The smallest absolute Gasteiger partial charge is 0.236 e. The number of carbonyl (C=O) groups is 1. The molecular weight excluding hydrogens is 438 g/mol. The molecule has 1 aromatic carbocycles. The largest absolute Gasteiger partial charge is 0.372 e. The predicted molar refractivity (Wildman–Crippen MR) is 133 cm³/mol. The summed E-state index contributed by atoms with van der Waals surface area (Å²) in [5.74, 6) is 1.02. The summed E-state index contributed by atoms with van der Waals surface area (Å²) < 4.78 is 2.11. The molecule has 8 heteroatoms. The van der Waals surface area contributed by atoms with E-state index in [9.17, 15) is 4.79 Å². The van der Waals surface area contributed by atoms with Crippen molar-refractivity contribution in [3.63, 3.8) is 0 Å². The first-order valence-electron chi connectivity index (χ1n) is 11.3. The lowest BCUT2D eigenvalue weighted by molar-refractivity contribution is -0.131. The number of amides is 1. The van der Waals surface area contributed by atoms with Crippen LogP contribution in [0, 0.1) is 0 Å². The molecule has 0 bridgehead atoms. The molecule has 1 aliphatic heterocycles. The Labute approximate surface area is 198 Å². The van der Waals surface area contributed by atoms with Crippen LogP contribution >= 0.6 is 23.1 Å². The predicted octanol–water partition coefficient (Wildman–Crippen LogP) is 4.94. The quantitative estimate of drug-likeness (QED) is 0.438. The minimum Gasteiger partial charge on any atom is -0.372 e. The van der Waals surface area contributed by atoms with Crippen molar-refractivity contribution in [3.05, 3.63) is 46.2 Å². The minimum absolute atomic E-state index is 0.169. The van der Waals surface area contributed by atoms with Crippen LogP contribution < -0.4 is 4.90 Å². The lowest BCUT2D eigenvalue weighted by atomic mass is 10.1. The van der Waals surface area contributed by atoms with Crippen molar-refractivity contribution in [1.82, 2.24) is 19.7 Å². The first kappa shape index (κ1) is 22.9. The normalized spacial score (nSPS) is 14.3. The second-order valence-electron chi connectivity index (χ2n) is 7.91. The number of benzene rings is 1. The second-order valence-corrected chi connectivity index (χ2v) is 10.2. The number of aromatic nitrogens is 3. The van der Waals surface area contributed by atoms with Gasteiger partial charge in [0.25, 0.3) is 0 Å². The van der Waals surface area contributed by atoms with Gasteiger partial charge in [-0.25, -0.2) is 0 Å². The molecule has 1 amide bonds. The summed E-state index contributed by atoms with van der Waals surface area (Å²) in [5.41, 5.74) is 3.55. The Kier molecular flexibility index (Phi) is 7.20. The summed E-state index contributed by atoms with van der Waals surface area (Å²) in [5, 5.41) is 11.6. The molecule has 0 saturated heterocycles. The number of nitrogens with zero attached hydrogens (tertiary/aromatic N) is 5. The summed E-state index contributed by atoms with van der Waals surface area (Å²) in [6.45, 7) is 12.6. The maximum absolute atomic E-state index is 13.1. The van der Waals surface area contributed by atoms with Gasteiger partial charge in [0, 0.05) is 48.9 Å². The highest BCUT2D eigenvalue weighted by Gasteiger charge is 2.27. The molecule has 2 aromatic heterocycles. The molecule has 0 aliphatic carbocycles. The van der Waals surface area contributed by atoms with Gasteiger partial charge < -0.3 is 14.4 Å². The van der Waals surface area contributed by atoms with Gasteiger partial charge in [-0.15, -0.1) is 21.5 Å². The van der Waals surface area contributed by atoms with Gasteiger partial charge in [-0.2, -0.15) is 0 Å². The summed E-state index contributed by atoms with van der Waals surface area (Å²) in [4.78, 5) is 18.8. The average Bonchev–Trinajstić information content (AvgIpc) is 3.46. The van der Waals surface area contributed by atoms with Gasteiger partial charge in [-0.3, -0.25) is 4.79 Å². The highest BCUT2D eigenvalue weighted by Crippen LogP contribution is 2.30. The standard InChI is InChI=1S/C24H31N5OS2/c1-5-27(6-2)20-10-8-18(9-11-20)22-25-26-24(29(22)7-3)32-17(4)23(30)28-14-12-21-19(16-28)13-15-31-21/h8-11,13,15,17H,5-7,12,14,16H2,1-4H3. The molecule has 170 valence electrons. The minimum atomic E-state index is -0.206. The fourth-order valence-electron chi connectivity index (χ4n) is 4.19. The maximum Gasteiger partial charge on any atom is 0.236 e. The average molecular weight is 470 g/mol. The number of fused-ring (bicyclic) bond motifs is 1. The number of rotatable bonds is 8. The molecule has 3 heterocycles. The topological polar surface area (TPSA) is 54.3 Å². The van der Waals surface area contributed by atoms with Crippen molar-refractivity contribution in [2.24, 2.45) is 0 Å². The van der Waals surface area contributed by atoms with Crippen molar-refractivity contribution in [3.8, 4) is 11.4 Å². The number of anilines is 1. The van der Waals surface area contributed by atoms with Crippen LogP contribution in [0.2, 0.25) is 0 Å². The molecule has 1 atom stereocenters. The second kappa shape index (κ2) is 10.1. The van der Waals surface area contributed by atoms with Crippen molar-refractivity contribution >= 4 is 34.7 Å². The molecule has 32 heavy (non-hydrogen) atoms. The van der Waals surface area contributed by atoms with Crippen LogP contribution in [-0.4, -0.2) is 50.5 Å². The van der Waals surface area contributed by atoms with Crippen LogP contribution in [0.25, 0.3) is 11.4 Å². The number of hydrogen-bond donors (Lipinski definition) is 0. The van der Waals surface area contributed by atoms with Gasteiger partial charge >= 0.3 is 0 Å². The Bertz CT molecular complexity index is 1050. The Morgan fingerprint density at radius 2 is 1.91 bits per heavy atom. The first-order valence-corrected chi connectivity index (χ1v) is 13.1. The Hall–Kier alpha value is -2.32. The third-order valence-corrected chi connectivity index (χ3v) is 8.13. The van der Waals surface area contributed by atoms with E-state index in [0.29, 0.717) is 6.54 Å². The molecule has 0 radical (unpaired) electrons. The van der Waals surface area contributed by atoms with E-state index in [4.69, 9.17) is 0 Å². The van der Waals surface area contributed by atoms with Gasteiger partial charge in [-0.1, -0.05) is 11.8 Å². The van der Waals surface area contributed by atoms with E-state index in [1.54, 1.807) is 11.3 Å². The van der Waals surface area contributed by atoms with Gasteiger partial charge in [0.15, 0.2) is 11.0 Å². The molecule has 1 aliphatic rings. The van der Waals surface area contributed by atoms with Gasteiger partial charge in [0.05, 0.1) is 5.25 Å². The maximum atomic E-state index is 13.1. The molecule has 0 saturated carbocycles. The van der Waals surface area contributed by atoms with Gasteiger partial charge in [0.1, 0.15) is 0 Å². The summed E-state index contributed by atoms with van der Waals surface area (Å²) in [6.07, 6.45) is 0.953. The monoisotopic (exact) mass is 469 g/mol. The van der Waals surface area contributed by atoms with Crippen LogP contribution in [0.1, 0.15) is 38.1 Å². The van der Waals surface area contributed by atoms with E-state index >= 15 is 0 Å². The number of hydrogen-bond acceptors (Lipinski definition) is 6. The molecule has 0 fully saturated rings. The van der Waals surface area contributed by atoms with Crippen molar-refractivity contribution < 1.29 is 4.79 Å². The Morgan fingerprint density at radius 3 is 2.59 bits per heavy atom. The third kappa shape index (κ3) is 4.57. The van der Waals surface area contributed by atoms with E-state index < -0.39 is 0 Å². The van der Waals surface area contributed by atoms with Gasteiger partial charge in [-0.05, 0) is 75.4 Å². The Morgan fingerprint density at radius 1 is 1.16 bits per heavy atom. The number of carbonyl (C=O) groups excluding carboxylic acids is 1.